The van der Waals surface area contributed by atoms with E-state index in [1.54, 1.807) is 48.5 Å². The molecule has 0 spiro atoms. The third-order valence-corrected chi connectivity index (χ3v) is 4.14. The molecule has 0 aliphatic rings. The van der Waals surface area contributed by atoms with E-state index in [1.807, 2.05) is 0 Å². The number of carbonyl (C=O) groups excluding carboxylic acids is 2. The zero-order valence-corrected chi connectivity index (χ0v) is 16.4. The molecule has 2 unspecified atom stereocenters. The molecule has 0 aromatic heterocycles. The molecule has 128 valence electrons. The fourth-order valence-electron chi connectivity index (χ4n) is 1.74. The van der Waals surface area contributed by atoms with E-state index < -0.39 is 12.2 Å². The summed E-state index contributed by atoms with van der Waals surface area (Å²) in [4.78, 5) is 22.0. The molecule has 2 atom stereocenters. The van der Waals surface area contributed by atoms with Crippen molar-refractivity contribution < 1.29 is 19.8 Å². The minimum atomic E-state index is -0.988. The van der Waals surface area contributed by atoms with Crippen LogP contribution < -0.4 is 0 Å². The minimum absolute atomic E-state index is 0.239. The van der Waals surface area contributed by atoms with E-state index >= 15 is 0 Å². The number of benzene rings is 2. The zero-order chi connectivity index (χ0) is 18.3. The number of Topliss-reactive ketones (excluding diaryl/α,β-unsaturated/α-hetero) is 2. The molecule has 0 aliphatic heterocycles. The Morgan fingerprint density at radius 3 is 1.67 bits per heavy atom. The third-order valence-electron chi connectivity index (χ3n) is 3.08. The number of ketones is 2. The first-order valence-electron chi connectivity index (χ1n) is 7.14. The number of carbonyl (C=O) groups is 2. The average molecular weight is 458 g/mol. The maximum atomic E-state index is 11.2. The second-order valence-corrected chi connectivity index (χ2v) is 6.94. The van der Waals surface area contributed by atoms with Crippen molar-refractivity contribution in [1.82, 2.24) is 0 Å². The quantitative estimate of drug-likeness (QED) is 0.678. The van der Waals surface area contributed by atoms with Gasteiger partial charge < -0.3 is 10.2 Å². The minimum Gasteiger partial charge on any atom is -0.385 e. The van der Waals surface area contributed by atoms with Crippen LogP contribution in [0, 0.1) is 0 Å². The predicted molar refractivity (Wildman–Crippen MR) is 99.9 cm³/mol. The molecule has 0 aliphatic carbocycles. The van der Waals surface area contributed by atoms with Gasteiger partial charge in [-0.05, 0) is 43.7 Å². The molecule has 2 N–H and O–H groups in total. The fourth-order valence-corrected chi connectivity index (χ4v) is 2.26. The summed E-state index contributed by atoms with van der Waals surface area (Å²) in [6.45, 7) is 2.83. The van der Waals surface area contributed by atoms with Crippen LogP contribution in [0.5, 0.6) is 0 Å². The first-order valence-corrected chi connectivity index (χ1v) is 8.72. The van der Waals surface area contributed by atoms with Gasteiger partial charge in [0.15, 0.2) is 11.6 Å². The molecular weight excluding hydrogens is 440 g/mol. The third kappa shape index (κ3) is 6.65. The van der Waals surface area contributed by atoms with Crippen LogP contribution in [-0.2, 0) is 4.79 Å². The van der Waals surface area contributed by atoms with Crippen molar-refractivity contribution in [2.45, 2.75) is 26.1 Å². The Morgan fingerprint density at radius 2 is 1.29 bits per heavy atom. The van der Waals surface area contributed by atoms with Gasteiger partial charge in [0.05, 0.1) is 0 Å². The van der Waals surface area contributed by atoms with Crippen LogP contribution in [0.2, 0.25) is 0 Å². The Balaban J connectivity index is 0.000000240. The van der Waals surface area contributed by atoms with Crippen LogP contribution >= 0.6 is 31.9 Å². The van der Waals surface area contributed by atoms with Gasteiger partial charge in [0.2, 0.25) is 0 Å². The molecule has 2 aromatic rings. The average Bonchev–Trinajstić information content (AvgIpc) is 2.55. The van der Waals surface area contributed by atoms with E-state index in [2.05, 4.69) is 31.9 Å². The molecule has 0 radical (unpaired) electrons. The van der Waals surface area contributed by atoms with Gasteiger partial charge in [-0.1, -0.05) is 56.1 Å². The largest absolute Gasteiger partial charge is 0.385 e. The molecule has 0 amide bonds. The maximum Gasteiger partial charge on any atom is 0.190 e. The van der Waals surface area contributed by atoms with Crippen LogP contribution in [0.4, 0.5) is 0 Å². The first-order chi connectivity index (χ1) is 11.2. The zero-order valence-electron chi connectivity index (χ0n) is 13.2. The van der Waals surface area contributed by atoms with E-state index in [9.17, 15) is 14.7 Å². The number of hydrogen-bond acceptors (Lipinski definition) is 4. The molecule has 24 heavy (non-hydrogen) atoms. The fraction of sp³-hybridized carbons (Fsp3) is 0.222. The van der Waals surface area contributed by atoms with Crippen molar-refractivity contribution in [1.29, 1.82) is 0 Å². The monoisotopic (exact) mass is 456 g/mol. The van der Waals surface area contributed by atoms with E-state index in [4.69, 9.17) is 5.11 Å². The van der Waals surface area contributed by atoms with Gasteiger partial charge in [0.1, 0.15) is 12.2 Å². The molecular formula is C18H18Br2O4. The van der Waals surface area contributed by atoms with Gasteiger partial charge in [-0.3, -0.25) is 9.59 Å². The maximum absolute atomic E-state index is 11.2. The van der Waals surface area contributed by atoms with Gasteiger partial charge in [0.25, 0.3) is 0 Å². The van der Waals surface area contributed by atoms with Gasteiger partial charge in [-0.15, -0.1) is 0 Å². The molecule has 0 bridgehead atoms. The van der Waals surface area contributed by atoms with Crippen LogP contribution in [0.15, 0.2) is 57.5 Å². The molecule has 6 heteroatoms. The van der Waals surface area contributed by atoms with Crippen molar-refractivity contribution >= 4 is 43.4 Å². The Labute approximate surface area is 157 Å². The molecule has 2 rings (SSSR count). The summed E-state index contributed by atoms with van der Waals surface area (Å²) in [6.07, 6.45) is -1.91. The van der Waals surface area contributed by atoms with Gasteiger partial charge in [-0.25, -0.2) is 0 Å². The summed E-state index contributed by atoms with van der Waals surface area (Å²) >= 11 is 6.52. The van der Waals surface area contributed by atoms with Crippen molar-refractivity contribution in [2.75, 3.05) is 0 Å². The van der Waals surface area contributed by atoms with E-state index in [-0.39, 0.29) is 11.6 Å². The lowest BCUT2D eigenvalue weighted by molar-refractivity contribution is -0.125. The molecule has 0 saturated heterocycles. The van der Waals surface area contributed by atoms with Crippen molar-refractivity contribution in [3.8, 4) is 0 Å². The van der Waals surface area contributed by atoms with E-state index in [0.717, 1.165) is 8.95 Å². The molecule has 0 heterocycles. The van der Waals surface area contributed by atoms with Crippen molar-refractivity contribution in [2.24, 2.45) is 0 Å². The summed E-state index contributed by atoms with van der Waals surface area (Å²) in [5.41, 5.74) is 1.17. The lowest BCUT2D eigenvalue weighted by Crippen LogP contribution is -2.15. The highest BCUT2D eigenvalue weighted by Gasteiger charge is 2.11. The standard InChI is InChI=1S/2C9H9BrO2/c2*1-6(11)9(12)7-2-4-8(10)5-3-7/h2-5,9,12H,1H3;2-6,11H,1H3. The smallest absolute Gasteiger partial charge is 0.190 e. The summed E-state index contributed by atoms with van der Waals surface area (Å²) in [6, 6.07) is 13.9. The van der Waals surface area contributed by atoms with Gasteiger partial charge >= 0.3 is 0 Å². The summed E-state index contributed by atoms with van der Waals surface area (Å²) < 4.78 is 1.85. The Bertz CT molecular complexity index is 679. The summed E-state index contributed by atoms with van der Waals surface area (Å²) in [5.74, 6) is -0.486. The van der Waals surface area contributed by atoms with E-state index in [1.165, 1.54) is 13.8 Å². The number of aliphatic hydroxyl groups excluding tert-OH is 2. The van der Waals surface area contributed by atoms with Gasteiger partial charge in [0, 0.05) is 14.5 Å². The highest BCUT2D eigenvalue weighted by atomic mass is 79.9. The predicted octanol–water partition coefficient (Wildman–Crippen LogP) is 4.08. The first kappa shape index (κ1) is 20.7. The highest BCUT2D eigenvalue weighted by Crippen LogP contribution is 2.17. The van der Waals surface area contributed by atoms with Crippen molar-refractivity contribution in [3.63, 3.8) is 0 Å². The summed E-state index contributed by atoms with van der Waals surface area (Å²) in [5, 5.41) is 18.3. The molecule has 2 aromatic carbocycles. The topological polar surface area (TPSA) is 74.6 Å². The van der Waals surface area contributed by atoms with E-state index in [0.29, 0.717) is 11.1 Å². The molecule has 0 saturated carbocycles. The Morgan fingerprint density at radius 1 is 0.875 bits per heavy atom. The second kappa shape index (κ2) is 9.84. The second-order valence-electron chi connectivity index (χ2n) is 5.11. The SMILES string of the molecule is CC(=O)C(O)c1ccc(Br)cc1.CC(O)C(=O)c1ccc(Br)cc1. The van der Waals surface area contributed by atoms with Crippen LogP contribution in [0.3, 0.4) is 0 Å². The Kier molecular flexibility index (Phi) is 8.48. The van der Waals surface area contributed by atoms with Gasteiger partial charge in [-0.2, -0.15) is 0 Å². The number of halogens is 2. The van der Waals surface area contributed by atoms with Crippen molar-refractivity contribution in [3.05, 3.63) is 68.6 Å². The molecule has 4 nitrogen and oxygen atoms in total. The Hall–Kier alpha value is -1.34. The van der Waals surface area contributed by atoms with Crippen LogP contribution in [0.25, 0.3) is 0 Å². The normalized spacial score (nSPS) is 12.6. The lowest BCUT2D eigenvalue weighted by atomic mass is 10.1. The lowest BCUT2D eigenvalue weighted by Gasteiger charge is -2.05. The highest BCUT2D eigenvalue weighted by molar-refractivity contribution is 9.10. The van der Waals surface area contributed by atoms with Crippen LogP contribution in [-0.4, -0.2) is 27.9 Å². The number of hydrogen-bond donors (Lipinski definition) is 2. The number of aliphatic hydroxyl groups is 2. The molecule has 0 fully saturated rings. The summed E-state index contributed by atoms with van der Waals surface area (Å²) in [7, 11) is 0. The number of rotatable bonds is 4. The van der Waals surface area contributed by atoms with Crippen LogP contribution in [0.1, 0.15) is 35.9 Å².